The minimum absolute atomic E-state index is 0.0411. The molecule has 1 amide bonds. The minimum Gasteiger partial charge on any atom is -0.497 e. The molecule has 1 N–H and O–H groups in total. The van der Waals surface area contributed by atoms with Crippen LogP contribution >= 0.6 is 11.8 Å². The van der Waals surface area contributed by atoms with Crippen LogP contribution in [0, 0.1) is 0 Å². The number of hydrogen-bond acceptors (Lipinski definition) is 6. The molecule has 5 rings (SSSR count). The van der Waals surface area contributed by atoms with E-state index in [9.17, 15) is 4.79 Å². The number of hydrogen-bond donors (Lipinski definition) is 1. The van der Waals surface area contributed by atoms with Gasteiger partial charge in [-0.05, 0) is 86.6 Å². The molecule has 2 aliphatic rings. The molecule has 2 atom stereocenters. The molecular weight excluding hydrogens is 448 g/mol. The Bertz CT molecular complexity index is 1160. The van der Waals surface area contributed by atoms with E-state index >= 15 is 0 Å². The first-order valence-corrected chi connectivity index (χ1v) is 12.8. The molecule has 1 aliphatic heterocycles. The predicted molar refractivity (Wildman–Crippen MR) is 133 cm³/mol. The number of fused-ring (bicyclic) bond motifs is 1. The van der Waals surface area contributed by atoms with E-state index in [0.717, 1.165) is 60.3 Å². The Labute approximate surface area is 204 Å². The number of anilines is 1. The van der Waals surface area contributed by atoms with Gasteiger partial charge in [0.2, 0.25) is 5.91 Å². The van der Waals surface area contributed by atoms with Gasteiger partial charge < -0.3 is 14.8 Å². The number of aryl methyl sites for hydroxylation is 2. The number of thioether (sulfide) groups is 1. The summed E-state index contributed by atoms with van der Waals surface area (Å²) in [7, 11) is 1.65. The molecule has 3 aromatic rings. The van der Waals surface area contributed by atoms with Gasteiger partial charge in [-0.15, -0.1) is 10.2 Å². The Hall–Kier alpha value is -2.84. The lowest BCUT2D eigenvalue weighted by Crippen LogP contribution is -2.23. The van der Waals surface area contributed by atoms with E-state index in [4.69, 9.17) is 9.47 Å². The van der Waals surface area contributed by atoms with E-state index < -0.39 is 0 Å². The summed E-state index contributed by atoms with van der Waals surface area (Å²) < 4.78 is 13.3. The Morgan fingerprint density at radius 3 is 2.76 bits per heavy atom. The fourth-order valence-electron chi connectivity index (χ4n) is 4.59. The quantitative estimate of drug-likeness (QED) is 0.471. The Morgan fingerprint density at radius 2 is 2.00 bits per heavy atom. The maximum atomic E-state index is 13.0. The third kappa shape index (κ3) is 4.98. The predicted octanol–water partition coefficient (Wildman–Crippen LogP) is 4.74. The highest BCUT2D eigenvalue weighted by Gasteiger charge is 2.25. The Kier molecular flexibility index (Phi) is 6.87. The molecule has 2 aromatic carbocycles. The summed E-state index contributed by atoms with van der Waals surface area (Å²) in [5.74, 6) is 1.52. The molecule has 2 heterocycles. The van der Waals surface area contributed by atoms with E-state index in [1.54, 1.807) is 7.11 Å². The molecule has 0 radical (unpaired) electrons. The lowest BCUT2D eigenvalue weighted by atomic mass is 10.1. The van der Waals surface area contributed by atoms with Gasteiger partial charge >= 0.3 is 0 Å². The van der Waals surface area contributed by atoms with Crippen molar-refractivity contribution >= 4 is 23.4 Å². The largest absolute Gasteiger partial charge is 0.497 e. The van der Waals surface area contributed by atoms with Gasteiger partial charge in [-0.25, -0.2) is 0 Å². The Morgan fingerprint density at radius 1 is 1.18 bits per heavy atom. The van der Waals surface area contributed by atoms with Gasteiger partial charge in [0.1, 0.15) is 5.75 Å². The molecule has 1 saturated heterocycles. The van der Waals surface area contributed by atoms with Crippen molar-refractivity contribution in [2.75, 3.05) is 19.0 Å². The van der Waals surface area contributed by atoms with Crippen molar-refractivity contribution < 1.29 is 14.3 Å². The van der Waals surface area contributed by atoms with Crippen molar-refractivity contribution in [3.63, 3.8) is 0 Å². The van der Waals surface area contributed by atoms with Crippen molar-refractivity contribution in [2.24, 2.45) is 0 Å². The van der Waals surface area contributed by atoms with Crippen molar-refractivity contribution in [2.45, 2.75) is 62.1 Å². The first-order valence-electron chi connectivity index (χ1n) is 11.9. The van der Waals surface area contributed by atoms with E-state index in [-0.39, 0.29) is 17.3 Å². The van der Waals surface area contributed by atoms with Gasteiger partial charge in [-0.1, -0.05) is 17.8 Å². The molecule has 1 fully saturated rings. The summed E-state index contributed by atoms with van der Waals surface area (Å²) in [5.41, 5.74) is 4.55. The summed E-state index contributed by atoms with van der Waals surface area (Å²) in [6.07, 6.45) is 5.61. The van der Waals surface area contributed by atoms with Crippen LogP contribution in [0.15, 0.2) is 47.6 Å². The normalized spacial score (nSPS) is 18.0. The maximum absolute atomic E-state index is 13.0. The van der Waals surface area contributed by atoms with Gasteiger partial charge in [-0.2, -0.15) is 0 Å². The summed E-state index contributed by atoms with van der Waals surface area (Å²) >= 11 is 1.43. The molecule has 0 unspecified atom stereocenters. The average molecular weight is 479 g/mol. The second kappa shape index (κ2) is 10.2. The third-order valence-corrected chi connectivity index (χ3v) is 7.57. The second-order valence-electron chi connectivity index (χ2n) is 8.87. The molecule has 0 spiro atoms. The summed E-state index contributed by atoms with van der Waals surface area (Å²) in [5, 5.41) is 12.4. The summed E-state index contributed by atoms with van der Waals surface area (Å²) in [6, 6.07) is 14.0. The first-order chi connectivity index (χ1) is 16.6. The average Bonchev–Trinajstić information content (AvgIpc) is 3.61. The molecule has 8 heteroatoms. The van der Waals surface area contributed by atoms with Crippen molar-refractivity contribution in [1.82, 2.24) is 14.8 Å². The molecule has 0 bridgehead atoms. The standard InChI is InChI=1S/C26H30N4O3S/c1-17(25(31)27-21-11-8-18-5-3-6-20(18)15-21)34-26-29-28-24(19-9-12-22(32-2)13-10-19)30(26)16-23-7-4-14-33-23/h8-13,15,17,23H,3-7,14,16H2,1-2H3,(H,27,31)/t17-,23-/m1/s1. The van der Waals surface area contributed by atoms with E-state index in [2.05, 4.69) is 32.2 Å². The monoisotopic (exact) mass is 478 g/mol. The lowest BCUT2D eigenvalue weighted by Gasteiger charge is -2.17. The number of carbonyl (C=O) groups excluding carboxylic acids is 1. The number of nitrogens with one attached hydrogen (secondary N) is 1. The van der Waals surface area contributed by atoms with Crippen LogP contribution in [0.5, 0.6) is 5.75 Å². The Balaban J connectivity index is 1.34. The highest BCUT2D eigenvalue weighted by Crippen LogP contribution is 2.31. The van der Waals surface area contributed by atoms with Crippen molar-refractivity contribution in [3.8, 4) is 17.1 Å². The van der Waals surface area contributed by atoms with Crippen LogP contribution in [-0.2, 0) is 28.9 Å². The van der Waals surface area contributed by atoms with E-state index in [1.807, 2.05) is 37.3 Å². The van der Waals surface area contributed by atoms with Gasteiger partial charge in [0.15, 0.2) is 11.0 Å². The zero-order valence-electron chi connectivity index (χ0n) is 19.6. The summed E-state index contributed by atoms with van der Waals surface area (Å²) in [6.45, 7) is 3.36. The van der Waals surface area contributed by atoms with Crippen LogP contribution in [0.4, 0.5) is 5.69 Å². The summed E-state index contributed by atoms with van der Waals surface area (Å²) in [4.78, 5) is 13.0. The second-order valence-corrected chi connectivity index (χ2v) is 10.2. The number of methoxy groups -OCH3 is 1. The van der Waals surface area contributed by atoms with Crippen LogP contribution in [-0.4, -0.2) is 45.7 Å². The molecule has 178 valence electrons. The molecule has 1 aromatic heterocycles. The number of amides is 1. The number of rotatable bonds is 8. The van der Waals surface area contributed by atoms with Gasteiger partial charge in [0.25, 0.3) is 0 Å². The van der Waals surface area contributed by atoms with Crippen LogP contribution in [0.3, 0.4) is 0 Å². The number of benzene rings is 2. The van der Waals surface area contributed by atoms with Gasteiger partial charge in [0.05, 0.1) is 25.0 Å². The SMILES string of the molecule is COc1ccc(-c2nnc(S[C@H](C)C(=O)Nc3ccc4c(c3)CCC4)n2C[C@H]2CCCO2)cc1. The van der Waals surface area contributed by atoms with Crippen LogP contribution in [0.25, 0.3) is 11.4 Å². The minimum atomic E-state index is -0.329. The number of aromatic nitrogens is 3. The van der Waals surface area contributed by atoms with Crippen molar-refractivity contribution in [3.05, 3.63) is 53.6 Å². The van der Waals surface area contributed by atoms with Gasteiger partial charge in [0, 0.05) is 17.9 Å². The fraction of sp³-hybridized carbons (Fsp3) is 0.423. The third-order valence-electron chi connectivity index (χ3n) is 6.49. The fourth-order valence-corrected chi connectivity index (χ4v) is 5.45. The number of carbonyl (C=O) groups is 1. The lowest BCUT2D eigenvalue weighted by molar-refractivity contribution is -0.115. The van der Waals surface area contributed by atoms with E-state index in [0.29, 0.717) is 6.54 Å². The van der Waals surface area contributed by atoms with Crippen molar-refractivity contribution in [1.29, 1.82) is 0 Å². The first kappa shape index (κ1) is 22.9. The van der Waals surface area contributed by atoms with Crippen LogP contribution in [0.2, 0.25) is 0 Å². The maximum Gasteiger partial charge on any atom is 0.237 e. The zero-order chi connectivity index (χ0) is 23.5. The van der Waals surface area contributed by atoms with Gasteiger partial charge in [-0.3, -0.25) is 9.36 Å². The molecular formula is C26H30N4O3S. The number of ether oxygens (including phenoxy) is 2. The highest BCUT2D eigenvalue weighted by molar-refractivity contribution is 8.00. The zero-order valence-corrected chi connectivity index (χ0v) is 20.4. The van der Waals surface area contributed by atoms with Crippen LogP contribution in [0.1, 0.15) is 37.3 Å². The van der Waals surface area contributed by atoms with Crippen LogP contribution < -0.4 is 10.1 Å². The molecule has 1 aliphatic carbocycles. The molecule has 7 nitrogen and oxygen atoms in total. The highest BCUT2D eigenvalue weighted by atomic mass is 32.2. The molecule has 34 heavy (non-hydrogen) atoms. The molecule has 0 saturated carbocycles. The van der Waals surface area contributed by atoms with E-state index in [1.165, 1.54) is 29.3 Å². The smallest absolute Gasteiger partial charge is 0.237 e. The number of nitrogens with zero attached hydrogens (tertiary/aromatic N) is 3. The topological polar surface area (TPSA) is 78.3 Å².